The molecular weight excluding hydrogens is 136 g/mol. The van der Waals surface area contributed by atoms with Gasteiger partial charge in [-0.25, -0.2) is 9.59 Å². The minimum absolute atomic E-state index is 0.136. The van der Waals surface area contributed by atoms with Gasteiger partial charge in [0.1, 0.15) is 6.10 Å². The van der Waals surface area contributed by atoms with Crippen LogP contribution in [0.15, 0.2) is 0 Å². The molecule has 0 aliphatic heterocycles. The van der Waals surface area contributed by atoms with Crippen LogP contribution in [0, 0.1) is 0 Å². The highest BCUT2D eigenvalue weighted by Gasteiger charge is 2.24. The Morgan fingerprint density at radius 1 is 1.40 bits per heavy atom. The molecule has 1 rings (SSSR count). The summed E-state index contributed by atoms with van der Waals surface area (Å²) in [7, 11) is 0. The number of rotatable bonds is 1. The summed E-state index contributed by atoms with van der Waals surface area (Å²) >= 11 is 0. The fraction of sp³-hybridized carbons (Fsp3) is 0.667. The molecule has 0 aromatic rings. The van der Waals surface area contributed by atoms with Crippen LogP contribution in [0.25, 0.3) is 0 Å². The van der Waals surface area contributed by atoms with E-state index in [4.69, 9.17) is 5.11 Å². The number of hydrogen-bond donors (Lipinski definition) is 1. The third kappa shape index (κ3) is 1.46. The zero-order valence-corrected chi connectivity index (χ0v) is 5.37. The summed E-state index contributed by atoms with van der Waals surface area (Å²) < 4.78 is 4.51. The second kappa shape index (κ2) is 2.68. The number of carbonyl (C=O) groups excluding carboxylic acids is 1. The van der Waals surface area contributed by atoms with Crippen LogP contribution >= 0.6 is 0 Å². The molecule has 1 saturated carbocycles. The first-order valence-corrected chi connectivity index (χ1v) is 3.14. The Morgan fingerprint density at radius 2 is 2.00 bits per heavy atom. The zero-order valence-electron chi connectivity index (χ0n) is 5.37. The molecule has 1 fully saturated rings. The maximum absolute atomic E-state index is 10.3. The lowest BCUT2D eigenvalue weighted by Crippen LogP contribution is -2.28. The van der Waals surface area contributed by atoms with Crippen molar-refractivity contribution >= 4 is 11.9 Å². The molecule has 1 N–H and O–H groups in total. The number of carboxylic acid groups (broad SMARTS) is 1. The van der Waals surface area contributed by atoms with E-state index in [9.17, 15) is 9.59 Å². The van der Waals surface area contributed by atoms with Crippen molar-refractivity contribution in [2.75, 3.05) is 0 Å². The van der Waals surface area contributed by atoms with Gasteiger partial charge in [-0.3, -0.25) is 0 Å². The topological polar surface area (TPSA) is 63.6 Å². The van der Waals surface area contributed by atoms with Crippen molar-refractivity contribution in [3.8, 4) is 0 Å². The van der Waals surface area contributed by atoms with Gasteiger partial charge in [-0.05, 0) is 19.3 Å². The van der Waals surface area contributed by atoms with Crippen molar-refractivity contribution in [2.45, 2.75) is 25.4 Å². The molecule has 0 aromatic carbocycles. The Kier molecular flexibility index (Phi) is 1.89. The maximum Gasteiger partial charge on any atom is 0.417 e. The van der Waals surface area contributed by atoms with E-state index in [1.165, 1.54) is 0 Å². The number of esters is 1. The van der Waals surface area contributed by atoms with E-state index < -0.39 is 11.9 Å². The monoisotopic (exact) mass is 144 g/mol. The predicted octanol–water partition coefficient (Wildman–Crippen LogP) is 0.167. The lowest BCUT2D eigenvalue weighted by molar-refractivity contribution is -0.169. The molecular formula is C6H8O4. The van der Waals surface area contributed by atoms with Crippen LogP contribution in [-0.4, -0.2) is 23.1 Å². The Balaban J connectivity index is 2.23. The second-order valence-corrected chi connectivity index (χ2v) is 2.26. The molecule has 0 aromatic heterocycles. The highest BCUT2D eigenvalue weighted by molar-refractivity contribution is 6.28. The molecule has 1 aliphatic carbocycles. The van der Waals surface area contributed by atoms with Crippen LogP contribution in [0.4, 0.5) is 0 Å². The van der Waals surface area contributed by atoms with Crippen LogP contribution in [0.5, 0.6) is 0 Å². The Bertz CT molecular complexity index is 159. The van der Waals surface area contributed by atoms with Gasteiger partial charge in [0.25, 0.3) is 0 Å². The van der Waals surface area contributed by atoms with E-state index in [2.05, 4.69) is 4.74 Å². The second-order valence-electron chi connectivity index (χ2n) is 2.26. The van der Waals surface area contributed by atoms with Crippen LogP contribution in [0.1, 0.15) is 19.3 Å². The molecule has 4 nitrogen and oxygen atoms in total. The van der Waals surface area contributed by atoms with Crippen molar-refractivity contribution in [3.05, 3.63) is 0 Å². The quantitative estimate of drug-likeness (QED) is 0.420. The first kappa shape index (κ1) is 7.05. The molecule has 0 heterocycles. The molecule has 0 atom stereocenters. The summed E-state index contributed by atoms with van der Waals surface area (Å²) in [5.41, 5.74) is 0. The van der Waals surface area contributed by atoms with E-state index in [1.54, 1.807) is 0 Å². The smallest absolute Gasteiger partial charge is 0.417 e. The summed E-state index contributed by atoms with van der Waals surface area (Å²) in [4.78, 5) is 20.2. The number of hydrogen-bond acceptors (Lipinski definition) is 3. The van der Waals surface area contributed by atoms with Crippen LogP contribution in [0.3, 0.4) is 0 Å². The van der Waals surface area contributed by atoms with Crippen molar-refractivity contribution in [2.24, 2.45) is 0 Å². The van der Waals surface area contributed by atoms with E-state index >= 15 is 0 Å². The van der Waals surface area contributed by atoms with Gasteiger partial charge in [0.15, 0.2) is 0 Å². The van der Waals surface area contributed by atoms with Crippen LogP contribution < -0.4 is 0 Å². The highest BCUT2D eigenvalue weighted by Crippen LogP contribution is 2.21. The standard InChI is InChI=1S/C6H8O4/c7-5(8)6(9)10-4-2-1-3-4/h4H,1-3H2,(H,7,8). The molecule has 0 saturated heterocycles. The van der Waals surface area contributed by atoms with Crippen LogP contribution in [-0.2, 0) is 14.3 Å². The van der Waals surface area contributed by atoms with Gasteiger partial charge in [-0.2, -0.15) is 0 Å². The van der Waals surface area contributed by atoms with Gasteiger partial charge < -0.3 is 9.84 Å². The molecule has 1 aliphatic rings. The molecule has 0 radical (unpaired) electrons. The van der Waals surface area contributed by atoms with Gasteiger partial charge in [0, 0.05) is 0 Å². The molecule has 0 unspecified atom stereocenters. The molecule has 0 bridgehead atoms. The van der Waals surface area contributed by atoms with E-state index in [0.717, 1.165) is 19.3 Å². The molecule has 10 heavy (non-hydrogen) atoms. The first-order valence-electron chi connectivity index (χ1n) is 3.14. The van der Waals surface area contributed by atoms with Crippen molar-refractivity contribution in [1.29, 1.82) is 0 Å². The zero-order chi connectivity index (χ0) is 7.56. The maximum atomic E-state index is 10.3. The number of ether oxygens (including phenoxy) is 1. The Morgan fingerprint density at radius 3 is 2.30 bits per heavy atom. The summed E-state index contributed by atoms with van der Waals surface area (Å²) in [5.74, 6) is -2.64. The number of carbonyl (C=O) groups is 2. The predicted molar refractivity (Wildman–Crippen MR) is 31.4 cm³/mol. The highest BCUT2D eigenvalue weighted by atomic mass is 16.6. The SMILES string of the molecule is O=C(O)C(=O)OC1CCC1. The summed E-state index contributed by atoms with van der Waals surface area (Å²) in [6, 6.07) is 0. The summed E-state index contributed by atoms with van der Waals surface area (Å²) in [6.45, 7) is 0. The van der Waals surface area contributed by atoms with Gasteiger partial charge in [-0.15, -0.1) is 0 Å². The van der Waals surface area contributed by atoms with Crippen molar-refractivity contribution < 1.29 is 19.4 Å². The minimum Gasteiger partial charge on any atom is -0.473 e. The molecule has 4 heteroatoms. The fourth-order valence-corrected chi connectivity index (χ4v) is 0.690. The van der Waals surface area contributed by atoms with Crippen LogP contribution in [0.2, 0.25) is 0 Å². The lowest BCUT2D eigenvalue weighted by Gasteiger charge is -2.23. The normalized spacial score (nSPS) is 17.6. The number of aliphatic carboxylic acids is 1. The minimum atomic E-state index is -1.51. The third-order valence-electron chi connectivity index (χ3n) is 1.50. The van der Waals surface area contributed by atoms with Gasteiger partial charge in [0.05, 0.1) is 0 Å². The van der Waals surface area contributed by atoms with Gasteiger partial charge in [0.2, 0.25) is 0 Å². The summed E-state index contributed by atoms with van der Waals surface area (Å²) in [6.07, 6.45) is 2.50. The third-order valence-corrected chi connectivity index (χ3v) is 1.50. The number of carboxylic acids is 1. The van der Waals surface area contributed by atoms with Gasteiger partial charge >= 0.3 is 11.9 Å². The average molecular weight is 144 g/mol. The van der Waals surface area contributed by atoms with E-state index in [0.29, 0.717) is 0 Å². The van der Waals surface area contributed by atoms with E-state index in [-0.39, 0.29) is 6.10 Å². The Labute approximate surface area is 57.8 Å². The largest absolute Gasteiger partial charge is 0.473 e. The summed E-state index contributed by atoms with van der Waals surface area (Å²) in [5, 5.41) is 8.08. The van der Waals surface area contributed by atoms with Crippen molar-refractivity contribution in [3.63, 3.8) is 0 Å². The molecule has 0 amide bonds. The first-order chi connectivity index (χ1) is 4.70. The average Bonchev–Trinajstić information content (AvgIpc) is 1.77. The Hall–Kier alpha value is -1.06. The van der Waals surface area contributed by atoms with Gasteiger partial charge in [-0.1, -0.05) is 0 Å². The molecule has 56 valence electrons. The van der Waals surface area contributed by atoms with E-state index in [1.807, 2.05) is 0 Å². The lowest BCUT2D eigenvalue weighted by atomic mass is 9.96. The molecule has 0 spiro atoms. The van der Waals surface area contributed by atoms with Crippen molar-refractivity contribution in [1.82, 2.24) is 0 Å². The fourth-order valence-electron chi connectivity index (χ4n) is 0.690.